The zero-order valence-electron chi connectivity index (χ0n) is 9.98. The van der Waals surface area contributed by atoms with E-state index in [1.54, 1.807) is 24.1 Å². The van der Waals surface area contributed by atoms with Gasteiger partial charge in [-0.15, -0.1) is 0 Å². The summed E-state index contributed by atoms with van der Waals surface area (Å²) in [6.45, 7) is 1.86. The number of carbonyl (C=O) groups excluding carboxylic acids is 1. The summed E-state index contributed by atoms with van der Waals surface area (Å²) in [5.74, 6) is -0.00461. The minimum Gasteiger partial charge on any atom is -0.342 e. The molecule has 17 heavy (non-hydrogen) atoms. The van der Waals surface area contributed by atoms with Gasteiger partial charge in [0.05, 0.1) is 18.9 Å². The molecular weight excluding hydrogens is 236 g/mol. The zero-order chi connectivity index (χ0) is 12.8. The van der Waals surface area contributed by atoms with E-state index < -0.39 is 0 Å². The predicted molar refractivity (Wildman–Crippen MR) is 67.6 cm³/mol. The molecule has 0 heterocycles. The Labute approximate surface area is 107 Å². The van der Waals surface area contributed by atoms with Crippen LogP contribution in [0.25, 0.3) is 0 Å². The summed E-state index contributed by atoms with van der Waals surface area (Å²) < 4.78 is 0. The van der Waals surface area contributed by atoms with E-state index in [0.29, 0.717) is 17.9 Å². The smallest absolute Gasteiger partial charge is 0.227 e. The number of hydrogen-bond acceptors (Lipinski definition) is 2. The van der Waals surface area contributed by atoms with Gasteiger partial charge in [-0.05, 0) is 24.6 Å². The second-order valence-corrected chi connectivity index (χ2v) is 4.46. The first-order chi connectivity index (χ1) is 8.04. The summed E-state index contributed by atoms with van der Waals surface area (Å²) in [5, 5.41) is 9.22. The van der Waals surface area contributed by atoms with Crippen molar-refractivity contribution < 1.29 is 4.79 Å². The Morgan fingerprint density at radius 1 is 1.59 bits per heavy atom. The molecule has 0 N–H and O–H groups in total. The number of nitriles is 1. The summed E-state index contributed by atoms with van der Waals surface area (Å²) in [6, 6.07) is 9.24. The van der Waals surface area contributed by atoms with E-state index in [4.69, 9.17) is 16.9 Å². The van der Waals surface area contributed by atoms with Crippen LogP contribution in [-0.2, 0) is 11.2 Å². The van der Waals surface area contributed by atoms with Crippen LogP contribution < -0.4 is 0 Å². The summed E-state index contributed by atoms with van der Waals surface area (Å²) >= 11 is 5.85. The molecule has 1 rings (SSSR count). The van der Waals surface area contributed by atoms with Crippen molar-refractivity contribution >= 4 is 17.5 Å². The monoisotopic (exact) mass is 250 g/mol. The summed E-state index contributed by atoms with van der Waals surface area (Å²) in [7, 11) is 1.72. The minimum absolute atomic E-state index is 0.00461. The molecule has 4 heteroatoms. The van der Waals surface area contributed by atoms with Crippen LogP contribution in [-0.4, -0.2) is 23.9 Å². The second kappa shape index (κ2) is 6.27. The average molecular weight is 251 g/mol. The molecule has 3 nitrogen and oxygen atoms in total. The van der Waals surface area contributed by atoms with Crippen LogP contribution in [0.1, 0.15) is 18.9 Å². The van der Waals surface area contributed by atoms with Crippen LogP contribution in [0.15, 0.2) is 24.3 Å². The highest BCUT2D eigenvalue weighted by Crippen LogP contribution is 2.12. The molecule has 1 aromatic rings. The van der Waals surface area contributed by atoms with Crippen molar-refractivity contribution in [2.24, 2.45) is 0 Å². The van der Waals surface area contributed by atoms with Crippen molar-refractivity contribution in [2.75, 3.05) is 7.05 Å². The maximum atomic E-state index is 11.9. The van der Waals surface area contributed by atoms with E-state index in [2.05, 4.69) is 6.07 Å². The van der Waals surface area contributed by atoms with Crippen molar-refractivity contribution in [3.8, 4) is 6.07 Å². The summed E-state index contributed by atoms with van der Waals surface area (Å²) in [6.07, 6.45) is 0.657. The molecule has 90 valence electrons. The second-order valence-electron chi connectivity index (χ2n) is 4.02. The Kier molecular flexibility index (Phi) is 4.99. The first-order valence-electron chi connectivity index (χ1n) is 5.41. The van der Waals surface area contributed by atoms with Crippen molar-refractivity contribution in [1.82, 2.24) is 4.90 Å². The molecule has 1 aromatic carbocycles. The lowest BCUT2D eigenvalue weighted by molar-refractivity contribution is -0.130. The third-order valence-corrected chi connectivity index (χ3v) is 2.92. The van der Waals surface area contributed by atoms with Gasteiger partial charge in [0.15, 0.2) is 0 Å². The normalized spacial score (nSPS) is 11.6. The molecule has 0 saturated carbocycles. The maximum Gasteiger partial charge on any atom is 0.227 e. The topological polar surface area (TPSA) is 44.1 Å². The van der Waals surface area contributed by atoms with E-state index in [1.165, 1.54) is 0 Å². The highest BCUT2D eigenvalue weighted by Gasteiger charge is 2.15. The lowest BCUT2D eigenvalue weighted by Gasteiger charge is -2.23. The van der Waals surface area contributed by atoms with Gasteiger partial charge >= 0.3 is 0 Å². The molecule has 1 unspecified atom stereocenters. The van der Waals surface area contributed by atoms with E-state index in [0.717, 1.165) is 5.56 Å². The number of halogens is 1. The SMILES string of the molecule is CC(CC#N)N(C)C(=O)Cc1cccc(Cl)c1. The fourth-order valence-corrected chi connectivity index (χ4v) is 1.67. The maximum absolute atomic E-state index is 11.9. The van der Waals surface area contributed by atoms with Crippen LogP contribution >= 0.6 is 11.6 Å². The van der Waals surface area contributed by atoms with Gasteiger partial charge < -0.3 is 4.90 Å². The molecule has 0 fully saturated rings. The summed E-state index contributed by atoms with van der Waals surface area (Å²) in [5.41, 5.74) is 0.888. The fraction of sp³-hybridized carbons (Fsp3) is 0.385. The molecule has 0 aliphatic carbocycles. The molecular formula is C13H15ClN2O. The van der Waals surface area contributed by atoms with E-state index in [1.807, 2.05) is 19.1 Å². The Hall–Kier alpha value is -1.53. The minimum atomic E-state index is -0.0633. The fourth-order valence-electron chi connectivity index (χ4n) is 1.46. The van der Waals surface area contributed by atoms with Crippen LogP contribution in [0.2, 0.25) is 5.02 Å². The van der Waals surface area contributed by atoms with E-state index in [-0.39, 0.29) is 11.9 Å². The van der Waals surface area contributed by atoms with Crippen LogP contribution in [0.3, 0.4) is 0 Å². The van der Waals surface area contributed by atoms with Crippen molar-refractivity contribution in [1.29, 1.82) is 5.26 Å². The van der Waals surface area contributed by atoms with Gasteiger partial charge in [0, 0.05) is 18.1 Å². The first-order valence-corrected chi connectivity index (χ1v) is 5.79. The van der Waals surface area contributed by atoms with Crippen LogP contribution in [0, 0.1) is 11.3 Å². The highest BCUT2D eigenvalue weighted by atomic mass is 35.5. The van der Waals surface area contributed by atoms with Gasteiger partial charge in [-0.25, -0.2) is 0 Å². The molecule has 1 atom stereocenters. The zero-order valence-corrected chi connectivity index (χ0v) is 10.7. The van der Waals surface area contributed by atoms with E-state index >= 15 is 0 Å². The number of amides is 1. The molecule has 0 aromatic heterocycles. The van der Waals surface area contributed by atoms with Gasteiger partial charge in [0.1, 0.15) is 0 Å². The molecule has 1 amide bonds. The lowest BCUT2D eigenvalue weighted by Crippen LogP contribution is -2.35. The van der Waals surface area contributed by atoms with Gasteiger partial charge in [0.25, 0.3) is 0 Å². The van der Waals surface area contributed by atoms with Gasteiger partial charge in [-0.1, -0.05) is 23.7 Å². The Morgan fingerprint density at radius 2 is 2.29 bits per heavy atom. The predicted octanol–water partition coefficient (Wildman–Crippen LogP) is 2.64. The third-order valence-electron chi connectivity index (χ3n) is 2.69. The third kappa shape index (κ3) is 4.08. The Balaban J connectivity index is 2.63. The number of hydrogen-bond donors (Lipinski definition) is 0. The molecule has 0 saturated heterocycles. The number of rotatable bonds is 4. The number of benzene rings is 1. The standard InChI is InChI=1S/C13H15ClN2O/c1-10(6-7-15)16(2)13(17)9-11-4-3-5-12(14)8-11/h3-5,8,10H,6,9H2,1-2H3. The van der Waals surface area contributed by atoms with E-state index in [9.17, 15) is 4.79 Å². The largest absolute Gasteiger partial charge is 0.342 e. The Bertz CT molecular complexity index is 439. The number of nitrogens with zero attached hydrogens (tertiary/aromatic N) is 2. The number of likely N-dealkylation sites (N-methyl/N-ethyl adjacent to an activating group) is 1. The molecule has 0 aliphatic rings. The highest BCUT2D eigenvalue weighted by molar-refractivity contribution is 6.30. The van der Waals surface area contributed by atoms with Crippen LogP contribution in [0.5, 0.6) is 0 Å². The molecule has 0 radical (unpaired) electrons. The van der Waals surface area contributed by atoms with Crippen molar-refractivity contribution in [3.05, 3.63) is 34.9 Å². The number of carbonyl (C=O) groups is 1. The lowest BCUT2D eigenvalue weighted by atomic mass is 10.1. The Morgan fingerprint density at radius 3 is 2.88 bits per heavy atom. The van der Waals surface area contributed by atoms with Gasteiger partial charge in [-0.3, -0.25) is 4.79 Å². The quantitative estimate of drug-likeness (QED) is 0.825. The molecule has 0 spiro atoms. The van der Waals surface area contributed by atoms with Crippen LogP contribution in [0.4, 0.5) is 0 Å². The average Bonchev–Trinajstić information content (AvgIpc) is 2.28. The molecule has 0 aliphatic heterocycles. The van der Waals surface area contributed by atoms with Gasteiger partial charge in [0.2, 0.25) is 5.91 Å². The molecule has 0 bridgehead atoms. The van der Waals surface area contributed by atoms with Crippen molar-refractivity contribution in [3.63, 3.8) is 0 Å². The summed E-state index contributed by atoms with van der Waals surface area (Å²) in [4.78, 5) is 13.5. The van der Waals surface area contributed by atoms with Gasteiger partial charge in [-0.2, -0.15) is 5.26 Å². The van der Waals surface area contributed by atoms with Crippen molar-refractivity contribution in [2.45, 2.75) is 25.8 Å². The first kappa shape index (κ1) is 13.5.